The SMILES string of the molecule is Cc1cccc(O[C@H](C)C(=O)NCc2cccs2)c1. The molecule has 1 heterocycles. The average Bonchev–Trinajstić information content (AvgIpc) is 2.89. The summed E-state index contributed by atoms with van der Waals surface area (Å²) in [5, 5.41) is 4.86. The molecular weight excluding hydrogens is 258 g/mol. The van der Waals surface area contributed by atoms with E-state index in [0.29, 0.717) is 6.54 Å². The number of benzene rings is 1. The Morgan fingerprint density at radius 1 is 1.37 bits per heavy atom. The van der Waals surface area contributed by atoms with Crippen LogP contribution >= 0.6 is 11.3 Å². The van der Waals surface area contributed by atoms with Crippen molar-refractivity contribution >= 4 is 17.2 Å². The van der Waals surface area contributed by atoms with Gasteiger partial charge in [0.25, 0.3) is 5.91 Å². The van der Waals surface area contributed by atoms with Crippen LogP contribution in [-0.2, 0) is 11.3 Å². The molecule has 19 heavy (non-hydrogen) atoms. The third kappa shape index (κ3) is 4.10. The lowest BCUT2D eigenvalue weighted by Gasteiger charge is -2.14. The number of carbonyl (C=O) groups is 1. The van der Waals surface area contributed by atoms with Gasteiger partial charge in [0.1, 0.15) is 5.75 Å². The fourth-order valence-corrected chi connectivity index (χ4v) is 2.32. The van der Waals surface area contributed by atoms with Crippen LogP contribution in [0.3, 0.4) is 0 Å². The van der Waals surface area contributed by atoms with Gasteiger partial charge in [-0.3, -0.25) is 4.79 Å². The van der Waals surface area contributed by atoms with Crippen molar-refractivity contribution < 1.29 is 9.53 Å². The second kappa shape index (κ2) is 6.38. The largest absolute Gasteiger partial charge is 0.481 e. The maximum atomic E-state index is 11.9. The van der Waals surface area contributed by atoms with E-state index in [1.807, 2.05) is 48.7 Å². The third-order valence-electron chi connectivity index (χ3n) is 2.69. The van der Waals surface area contributed by atoms with Crippen molar-refractivity contribution in [3.05, 3.63) is 52.2 Å². The van der Waals surface area contributed by atoms with E-state index in [0.717, 1.165) is 16.2 Å². The van der Waals surface area contributed by atoms with E-state index in [9.17, 15) is 4.79 Å². The smallest absolute Gasteiger partial charge is 0.261 e. The molecule has 1 aromatic carbocycles. The van der Waals surface area contributed by atoms with Crippen molar-refractivity contribution in [1.29, 1.82) is 0 Å². The lowest BCUT2D eigenvalue weighted by Crippen LogP contribution is -2.35. The normalized spacial score (nSPS) is 11.9. The molecule has 1 atom stereocenters. The van der Waals surface area contributed by atoms with Gasteiger partial charge < -0.3 is 10.1 Å². The molecule has 0 radical (unpaired) electrons. The number of hydrogen-bond acceptors (Lipinski definition) is 3. The Kier molecular flexibility index (Phi) is 4.58. The Labute approximate surface area is 117 Å². The zero-order valence-electron chi connectivity index (χ0n) is 11.1. The van der Waals surface area contributed by atoms with Gasteiger partial charge in [0.15, 0.2) is 6.10 Å². The number of carbonyl (C=O) groups excluding carboxylic acids is 1. The van der Waals surface area contributed by atoms with Crippen LogP contribution in [0, 0.1) is 6.92 Å². The molecule has 0 spiro atoms. The minimum Gasteiger partial charge on any atom is -0.481 e. The highest BCUT2D eigenvalue weighted by Gasteiger charge is 2.14. The van der Waals surface area contributed by atoms with Crippen molar-refractivity contribution in [3.63, 3.8) is 0 Å². The molecule has 1 N–H and O–H groups in total. The topological polar surface area (TPSA) is 38.3 Å². The summed E-state index contributed by atoms with van der Waals surface area (Å²) in [7, 11) is 0. The van der Waals surface area contributed by atoms with Crippen LogP contribution in [0.4, 0.5) is 0 Å². The zero-order chi connectivity index (χ0) is 13.7. The van der Waals surface area contributed by atoms with Crippen molar-refractivity contribution in [2.45, 2.75) is 26.5 Å². The standard InChI is InChI=1S/C15H17NO2S/c1-11-5-3-6-13(9-11)18-12(2)15(17)16-10-14-7-4-8-19-14/h3-9,12H,10H2,1-2H3,(H,16,17)/t12-/m1/s1. The Morgan fingerprint density at radius 2 is 2.21 bits per heavy atom. The van der Waals surface area contributed by atoms with E-state index in [2.05, 4.69) is 5.32 Å². The second-order valence-corrected chi connectivity index (χ2v) is 5.41. The fraction of sp³-hybridized carbons (Fsp3) is 0.267. The van der Waals surface area contributed by atoms with Crippen molar-refractivity contribution in [2.24, 2.45) is 0 Å². The molecule has 100 valence electrons. The first kappa shape index (κ1) is 13.6. The van der Waals surface area contributed by atoms with Crippen LogP contribution in [0.25, 0.3) is 0 Å². The van der Waals surface area contributed by atoms with Gasteiger partial charge in [0.05, 0.1) is 6.54 Å². The molecule has 2 aromatic rings. The van der Waals surface area contributed by atoms with E-state index in [1.165, 1.54) is 0 Å². The molecule has 3 nitrogen and oxygen atoms in total. The summed E-state index contributed by atoms with van der Waals surface area (Å²) < 4.78 is 5.62. The quantitative estimate of drug-likeness (QED) is 0.910. The second-order valence-electron chi connectivity index (χ2n) is 4.37. The monoisotopic (exact) mass is 275 g/mol. The summed E-state index contributed by atoms with van der Waals surface area (Å²) in [6.07, 6.45) is -0.498. The van der Waals surface area contributed by atoms with E-state index in [1.54, 1.807) is 18.3 Å². The molecule has 0 aliphatic carbocycles. The molecule has 0 saturated heterocycles. The molecule has 1 amide bonds. The third-order valence-corrected chi connectivity index (χ3v) is 3.56. The van der Waals surface area contributed by atoms with E-state index in [4.69, 9.17) is 4.74 Å². The first-order chi connectivity index (χ1) is 9.15. The fourth-order valence-electron chi connectivity index (χ4n) is 1.68. The number of aryl methyl sites for hydroxylation is 1. The summed E-state index contributed by atoms with van der Waals surface area (Å²) in [6, 6.07) is 11.7. The van der Waals surface area contributed by atoms with Crippen LogP contribution in [0.2, 0.25) is 0 Å². The van der Waals surface area contributed by atoms with E-state index in [-0.39, 0.29) is 5.91 Å². The van der Waals surface area contributed by atoms with Crippen LogP contribution in [0.5, 0.6) is 5.75 Å². The van der Waals surface area contributed by atoms with E-state index >= 15 is 0 Å². The molecule has 4 heteroatoms. The summed E-state index contributed by atoms with van der Waals surface area (Å²) in [5.41, 5.74) is 1.11. The number of hydrogen-bond donors (Lipinski definition) is 1. The highest BCUT2D eigenvalue weighted by atomic mass is 32.1. The van der Waals surface area contributed by atoms with Gasteiger partial charge in [-0.15, -0.1) is 11.3 Å². The average molecular weight is 275 g/mol. The minimum absolute atomic E-state index is 0.102. The first-order valence-electron chi connectivity index (χ1n) is 6.18. The van der Waals surface area contributed by atoms with Gasteiger partial charge in [-0.05, 0) is 43.0 Å². The predicted molar refractivity (Wildman–Crippen MR) is 77.4 cm³/mol. The van der Waals surface area contributed by atoms with Crippen LogP contribution in [-0.4, -0.2) is 12.0 Å². The molecule has 0 unspecified atom stereocenters. The highest BCUT2D eigenvalue weighted by Crippen LogP contribution is 2.14. The van der Waals surface area contributed by atoms with Crippen LogP contribution < -0.4 is 10.1 Å². The lowest BCUT2D eigenvalue weighted by atomic mass is 10.2. The van der Waals surface area contributed by atoms with Gasteiger partial charge in [0, 0.05) is 4.88 Å². The van der Waals surface area contributed by atoms with Crippen molar-refractivity contribution in [3.8, 4) is 5.75 Å². The van der Waals surface area contributed by atoms with Crippen LogP contribution in [0.15, 0.2) is 41.8 Å². The lowest BCUT2D eigenvalue weighted by molar-refractivity contribution is -0.127. The maximum Gasteiger partial charge on any atom is 0.261 e. The molecular formula is C15H17NO2S. The summed E-state index contributed by atoms with van der Waals surface area (Å²) in [5.74, 6) is 0.619. The Bertz CT molecular complexity index is 537. The van der Waals surface area contributed by atoms with Gasteiger partial charge >= 0.3 is 0 Å². The molecule has 0 saturated carbocycles. The Balaban J connectivity index is 1.85. The molecule has 2 rings (SSSR count). The summed E-state index contributed by atoms with van der Waals surface area (Å²) >= 11 is 1.63. The molecule has 0 fully saturated rings. The van der Waals surface area contributed by atoms with E-state index < -0.39 is 6.10 Å². The maximum absolute atomic E-state index is 11.9. The van der Waals surface area contributed by atoms with Crippen molar-refractivity contribution in [1.82, 2.24) is 5.32 Å². The number of amides is 1. The predicted octanol–water partition coefficient (Wildman–Crippen LogP) is 3.14. The van der Waals surface area contributed by atoms with Crippen LogP contribution in [0.1, 0.15) is 17.4 Å². The van der Waals surface area contributed by atoms with Gasteiger partial charge in [-0.2, -0.15) is 0 Å². The van der Waals surface area contributed by atoms with Crippen molar-refractivity contribution in [2.75, 3.05) is 0 Å². The highest BCUT2D eigenvalue weighted by molar-refractivity contribution is 7.09. The summed E-state index contributed by atoms with van der Waals surface area (Å²) in [6.45, 7) is 4.30. The van der Waals surface area contributed by atoms with Gasteiger partial charge in [-0.25, -0.2) is 0 Å². The Morgan fingerprint density at radius 3 is 2.89 bits per heavy atom. The minimum atomic E-state index is -0.498. The first-order valence-corrected chi connectivity index (χ1v) is 7.06. The van der Waals surface area contributed by atoms with Gasteiger partial charge in [-0.1, -0.05) is 18.2 Å². The number of ether oxygens (including phenoxy) is 1. The Hall–Kier alpha value is -1.81. The number of nitrogens with one attached hydrogen (secondary N) is 1. The molecule has 0 aliphatic heterocycles. The number of thiophene rings is 1. The zero-order valence-corrected chi connectivity index (χ0v) is 11.9. The molecule has 1 aromatic heterocycles. The van der Waals surface area contributed by atoms with Gasteiger partial charge in [0.2, 0.25) is 0 Å². The summed E-state index contributed by atoms with van der Waals surface area (Å²) in [4.78, 5) is 13.0. The number of rotatable bonds is 5. The molecule has 0 aliphatic rings. The molecule has 0 bridgehead atoms.